The van der Waals surface area contributed by atoms with Crippen molar-refractivity contribution in [3.63, 3.8) is 0 Å². The summed E-state index contributed by atoms with van der Waals surface area (Å²) in [5, 5.41) is 0. The van der Waals surface area contributed by atoms with Crippen molar-refractivity contribution in [3.8, 4) is 0 Å². The van der Waals surface area contributed by atoms with E-state index in [0.717, 1.165) is 13.1 Å². The van der Waals surface area contributed by atoms with Gasteiger partial charge in [0.1, 0.15) is 5.52 Å². The summed E-state index contributed by atoms with van der Waals surface area (Å²) in [5.74, 6) is -0.486. The van der Waals surface area contributed by atoms with Crippen LogP contribution in [-0.2, 0) is 0 Å². The lowest BCUT2D eigenvalue weighted by Crippen LogP contribution is -2.57. The number of amides is 1. The fraction of sp³-hybridized carbons (Fsp3) is 0.385. The summed E-state index contributed by atoms with van der Waals surface area (Å²) < 4.78 is 5.68. The van der Waals surface area contributed by atoms with Crippen LogP contribution in [0.5, 0.6) is 0 Å². The number of rotatable bonds is 3. The van der Waals surface area contributed by atoms with Gasteiger partial charge in [-0.05, 0) is 26.2 Å². The summed E-state index contributed by atoms with van der Waals surface area (Å²) in [6.07, 6.45) is 0. The topological polar surface area (TPSA) is 75.6 Å². The second-order valence-corrected chi connectivity index (χ2v) is 5.04. The molecule has 0 bridgehead atoms. The van der Waals surface area contributed by atoms with Gasteiger partial charge in [0.25, 0.3) is 11.9 Å². The number of likely N-dealkylation sites (N-methyl/N-ethyl adjacent to an activating group) is 1. The average Bonchev–Trinajstić information content (AvgIpc) is 2.68. The van der Waals surface area contributed by atoms with Crippen LogP contribution in [0.4, 0.5) is 6.01 Å². The number of hydrogen-bond acceptors (Lipinski definition) is 5. The summed E-state index contributed by atoms with van der Waals surface area (Å²) in [5.41, 5.74) is 6.87. The van der Waals surface area contributed by atoms with E-state index < -0.39 is 5.91 Å². The van der Waals surface area contributed by atoms with E-state index in [9.17, 15) is 4.79 Å². The molecule has 19 heavy (non-hydrogen) atoms. The van der Waals surface area contributed by atoms with Gasteiger partial charge in [-0.15, -0.1) is 0 Å². The van der Waals surface area contributed by atoms with Crippen molar-refractivity contribution in [2.24, 2.45) is 5.73 Å². The van der Waals surface area contributed by atoms with Gasteiger partial charge in [0.2, 0.25) is 0 Å². The standard InChI is InChI=1S/C13H16N4O2/c1-16(2)8-6-17(7-8)13-15-11-9(12(14)18)4-3-5-10(11)19-13/h3-5,8H,6-7H2,1-2H3,(H2,14,18). The van der Waals surface area contributed by atoms with Crippen molar-refractivity contribution in [2.45, 2.75) is 6.04 Å². The first-order valence-electron chi connectivity index (χ1n) is 6.17. The third kappa shape index (κ3) is 1.94. The van der Waals surface area contributed by atoms with Crippen LogP contribution in [0.15, 0.2) is 22.6 Å². The Morgan fingerprint density at radius 2 is 2.21 bits per heavy atom. The Morgan fingerprint density at radius 1 is 1.47 bits per heavy atom. The molecule has 100 valence electrons. The van der Waals surface area contributed by atoms with Gasteiger partial charge in [0.15, 0.2) is 5.58 Å². The molecule has 2 aromatic rings. The first-order chi connectivity index (χ1) is 9.06. The summed E-state index contributed by atoms with van der Waals surface area (Å²) in [6.45, 7) is 1.76. The minimum atomic E-state index is -0.486. The number of primary amides is 1. The molecule has 1 amide bonds. The number of carbonyl (C=O) groups excluding carboxylic acids is 1. The second kappa shape index (κ2) is 4.24. The molecule has 0 unspecified atom stereocenters. The van der Waals surface area contributed by atoms with E-state index in [0.29, 0.717) is 28.7 Å². The van der Waals surface area contributed by atoms with Crippen LogP contribution in [0.3, 0.4) is 0 Å². The molecule has 1 aliphatic rings. The van der Waals surface area contributed by atoms with Crippen molar-refractivity contribution >= 4 is 23.0 Å². The van der Waals surface area contributed by atoms with Crippen LogP contribution in [0, 0.1) is 0 Å². The monoisotopic (exact) mass is 260 g/mol. The first kappa shape index (κ1) is 12.0. The Hall–Kier alpha value is -2.08. The maximum absolute atomic E-state index is 11.3. The number of nitrogens with two attached hydrogens (primary N) is 1. The van der Waals surface area contributed by atoms with Gasteiger partial charge < -0.3 is 20.0 Å². The number of benzene rings is 1. The number of nitrogens with zero attached hydrogens (tertiary/aromatic N) is 3. The largest absolute Gasteiger partial charge is 0.423 e. The van der Waals surface area contributed by atoms with Crippen molar-refractivity contribution in [3.05, 3.63) is 23.8 Å². The minimum Gasteiger partial charge on any atom is -0.423 e. The predicted octanol–water partition coefficient (Wildman–Crippen LogP) is 0.677. The zero-order valence-electron chi connectivity index (χ0n) is 11.0. The number of aromatic nitrogens is 1. The van der Waals surface area contributed by atoms with Gasteiger partial charge in [0, 0.05) is 19.1 Å². The lowest BCUT2D eigenvalue weighted by Gasteiger charge is -2.41. The van der Waals surface area contributed by atoms with E-state index in [-0.39, 0.29) is 0 Å². The van der Waals surface area contributed by atoms with Crippen LogP contribution >= 0.6 is 0 Å². The van der Waals surface area contributed by atoms with Crippen molar-refractivity contribution < 1.29 is 9.21 Å². The molecule has 0 saturated carbocycles. The number of fused-ring (bicyclic) bond motifs is 1. The Labute approximate surface area is 110 Å². The molecule has 6 nitrogen and oxygen atoms in total. The van der Waals surface area contributed by atoms with Gasteiger partial charge in [0.05, 0.1) is 5.56 Å². The quantitative estimate of drug-likeness (QED) is 0.878. The molecule has 2 N–H and O–H groups in total. The molecule has 0 atom stereocenters. The highest BCUT2D eigenvalue weighted by Crippen LogP contribution is 2.28. The van der Waals surface area contributed by atoms with E-state index in [1.807, 2.05) is 0 Å². The van der Waals surface area contributed by atoms with Gasteiger partial charge in [-0.25, -0.2) is 0 Å². The van der Waals surface area contributed by atoms with Gasteiger partial charge in [-0.2, -0.15) is 4.98 Å². The summed E-state index contributed by atoms with van der Waals surface area (Å²) in [7, 11) is 4.11. The molecular formula is C13H16N4O2. The normalized spacial score (nSPS) is 16.1. The molecule has 1 fully saturated rings. The zero-order valence-corrected chi connectivity index (χ0v) is 11.0. The van der Waals surface area contributed by atoms with Gasteiger partial charge >= 0.3 is 0 Å². The number of anilines is 1. The first-order valence-corrected chi connectivity index (χ1v) is 6.17. The molecule has 0 spiro atoms. The van der Waals surface area contributed by atoms with E-state index in [2.05, 4.69) is 28.9 Å². The third-order valence-corrected chi connectivity index (χ3v) is 3.54. The van der Waals surface area contributed by atoms with Crippen LogP contribution in [0.1, 0.15) is 10.4 Å². The van der Waals surface area contributed by atoms with Gasteiger partial charge in [-0.1, -0.05) is 6.07 Å². The molecule has 0 radical (unpaired) electrons. The van der Waals surface area contributed by atoms with Crippen LogP contribution in [-0.4, -0.2) is 49.0 Å². The summed E-state index contributed by atoms with van der Waals surface area (Å²) >= 11 is 0. The highest BCUT2D eigenvalue weighted by Gasteiger charge is 2.31. The highest BCUT2D eigenvalue weighted by molar-refractivity contribution is 6.03. The molecule has 1 aromatic heterocycles. The molecule has 3 rings (SSSR count). The summed E-state index contributed by atoms with van der Waals surface area (Å²) in [6, 6.07) is 6.28. The SMILES string of the molecule is CN(C)C1CN(c2nc3c(C(N)=O)cccc3o2)C1. The second-order valence-electron chi connectivity index (χ2n) is 5.04. The Bertz CT molecular complexity index is 629. The van der Waals surface area contributed by atoms with Crippen molar-refractivity contribution in [1.29, 1.82) is 0 Å². The minimum absolute atomic E-state index is 0.400. The van der Waals surface area contributed by atoms with Gasteiger partial charge in [-0.3, -0.25) is 4.79 Å². The lowest BCUT2D eigenvalue weighted by molar-refractivity contribution is 0.100. The highest BCUT2D eigenvalue weighted by atomic mass is 16.4. The maximum Gasteiger partial charge on any atom is 0.298 e. The molecule has 1 aromatic carbocycles. The fourth-order valence-corrected chi connectivity index (χ4v) is 2.21. The smallest absolute Gasteiger partial charge is 0.298 e. The van der Waals surface area contributed by atoms with Crippen LogP contribution < -0.4 is 10.6 Å². The van der Waals surface area contributed by atoms with Crippen LogP contribution in [0.25, 0.3) is 11.1 Å². The van der Waals surface area contributed by atoms with E-state index in [4.69, 9.17) is 10.2 Å². The van der Waals surface area contributed by atoms with E-state index >= 15 is 0 Å². The predicted molar refractivity (Wildman–Crippen MR) is 72.2 cm³/mol. The Morgan fingerprint density at radius 3 is 2.84 bits per heavy atom. The Balaban J connectivity index is 1.91. The molecule has 1 aliphatic heterocycles. The summed E-state index contributed by atoms with van der Waals surface area (Å²) in [4.78, 5) is 20.0. The van der Waals surface area contributed by atoms with E-state index in [1.54, 1.807) is 18.2 Å². The lowest BCUT2D eigenvalue weighted by atomic mass is 10.1. The van der Waals surface area contributed by atoms with Crippen LogP contribution in [0.2, 0.25) is 0 Å². The molecular weight excluding hydrogens is 244 g/mol. The average molecular weight is 260 g/mol. The number of carbonyl (C=O) groups is 1. The third-order valence-electron chi connectivity index (χ3n) is 3.54. The Kier molecular flexibility index (Phi) is 2.67. The molecule has 2 heterocycles. The van der Waals surface area contributed by atoms with Crippen molar-refractivity contribution in [2.75, 3.05) is 32.1 Å². The number of hydrogen-bond donors (Lipinski definition) is 1. The number of oxazole rings is 1. The molecule has 1 saturated heterocycles. The van der Waals surface area contributed by atoms with E-state index in [1.165, 1.54) is 0 Å². The van der Waals surface area contributed by atoms with Crippen molar-refractivity contribution in [1.82, 2.24) is 9.88 Å². The molecule has 6 heteroatoms. The molecule has 0 aliphatic carbocycles. The number of para-hydroxylation sites is 1. The fourth-order valence-electron chi connectivity index (χ4n) is 2.21. The zero-order chi connectivity index (χ0) is 13.6. The maximum atomic E-state index is 11.3.